The van der Waals surface area contributed by atoms with Gasteiger partial charge in [0.15, 0.2) is 24.8 Å². The van der Waals surface area contributed by atoms with E-state index in [0.717, 1.165) is 13.8 Å². The lowest BCUT2D eigenvalue weighted by molar-refractivity contribution is -0.141. The molecule has 0 bridgehead atoms. The summed E-state index contributed by atoms with van der Waals surface area (Å²) in [4.78, 5) is 20.9. The topological polar surface area (TPSA) is 121 Å². The highest BCUT2D eigenvalue weighted by atomic mass is 32.3. The zero-order valence-electron chi connectivity index (χ0n) is 10.6. The molecule has 112 valence electrons. The molecule has 0 aromatic rings. The van der Waals surface area contributed by atoms with Crippen LogP contribution in [0.25, 0.3) is 0 Å². The van der Waals surface area contributed by atoms with Gasteiger partial charge in [-0.15, -0.1) is 0 Å². The van der Waals surface area contributed by atoms with Gasteiger partial charge in [-0.3, -0.25) is 9.59 Å². The molecule has 0 aliphatic heterocycles. The highest BCUT2D eigenvalue weighted by molar-refractivity contribution is 8.08. The molecule has 0 aliphatic carbocycles. The van der Waals surface area contributed by atoms with Crippen molar-refractivity contribution in [1.82, 2.24) is 0 Å². The van der Waals surface area contributed by atoms with Gasteiger partial charge in [-0.25, -0.2) is 16.8 Å². The molecule has 0 amide bonds. The SMILES string of the molecule is CC(=O)OCCS(=O)(=O)CS(=O)(=O)CCOC(C)=O. The molecule has 0 saturated heterocycles. The predicted molar refractivity (Wildman–Crippen MR) is 65.7 cm³/mol. The molecule has 0 aromatic carbocycles. The average Bonchev–Trinajstić information content (AvgIpc) is 2.12. The predicted octanol–water partition coefficient (Wildman–Crippen LogP) is -1.10. The van der Waals surface area contributed by atoms with Crippen LogP contribution < -0.4 is 0 Å². The Hall–Kier alpha value is -1.16. The standard InChI is InChI=1S/C9H16O8S2/c1-8(10)16-3-5-18(12,13)7-19(14,15)6-4-17-9(2)11/h3-7H2,1-2H3. The van der Waals surface area contributed by atoms with Crippen LogP contribution in [0.3, 0.4) is 0 Å². The summed E-state index contributed by atoms with van der Waals surface area (Å²) in [6.45, 7) is 1.44. The molecule has 0 aliphatic rings. The Labute approximate surface area is 111 Å². The summed E-state index contributed by atoms with van der Waals surface area (Å²) < 4.78 is 54.6. The van der Waals surface area contributed by atoms with Crippen molar-refractivity contribution in [3.8, 4) is 0 Å². The fourth-order valence-electron chi connectivity index (χ4n) is 1.02. The number of carbonyl (C=O) groups excluding carboxylic acids is 2. The molecule has 0 spiro atoms. The van der Waals surface area contributed by atoms with Crippen molar-refractivity contribution in [3.63, 3.8) is 0 Å². The van der Waals surface area contributed by atoms with Crippen LogP contribution in [-0.4, -0.2) is 58.6 Å². The first kappa shape index (κ1) is 17.8. The van der Waals surface area contributed by atoms with Crippen LogP contribution in [0.2, 0.25) is 0 Å². The summed E-state index contributed by atoms with van der Waals surface area (Å²) >= 11 is 0. The third-order valence-electron chi connectivity index (χ3n) is 1.76. The zero-order chi connectivity index (χ0) is 15.1. The largest absolute Gasteiger partial charge is 0.465 e. The van der Waals surface area contributed by atoms with E-state index in [0.29, 0.717) is 0 Å². The minimum atomic E-state index is -3.89. The fourth-order valence-corrected chi connectivity index (χ4v) is 4.82. The van der Waals surface area contributed by atoms with Crippen molar-refractivity contribution in [2.24, 2.45) is 0 Å². The normalized spacial score (nSPS) is 11.9. The van der Waals surface area contributed by atoms with Gasteiger partial charge in [0.2, 0.25) is 0 Å². The Morgan fingerprint density at radius 1 is 0.789 bits per heavy atom. The number of hydrogen-bond donors (Lipinski definition) is 0. The smallest absolute Gasteiger partial charge is 0.302 e. The van der Waals surface area contributed by atoms with Crippen LogP contribution in [-0.2, 0) is 38.7 Å². The lowest BCUT2D eigenvalue weighted by Crippen LogP contribution is -2.26. The lowest BCUT2D eigenvalue weighted by atomic mass is 10.8. The molecule has 0 radical (unpaired) electrons. The van der Waals surface area contributed by atoms with Gasteiger partial charge in [0.05, 0.1) is 11.5 Å². The van der Waals surface area contributed by atoms with Crippen molar-refractivity contribution < 1.29 is 35.9 Å². The first-order chi connectivity index (χ1) is 8.54. The van der Waals surface area contributed by atoms with Crippen LogP contribution in [0.1, 0.15) is 13.8 Å². The van der Waals surface area contributed by atoms with Crippen molar-refractivity contribution >= 4 is 31.6 Å². The van der Waals surface area contributed by atoms with Crippen molar-refractivity contribution in [2.75, 3.05) is 29.8 Å². The fraction of sp³-hybridized carbons (Fsp3) is 0.778. The number of ether oxygens (including phenoxy) is 2. The Bertz CT molecular complexity index is 468. The summed E-state index contributed by atoms with van der Waals surface area (Å²) in [5.41, 5.74) is 0. The molecule has 0 saturated carbocycles. The third-order valence-corrected chi connectivity index (χ3v) is 6.21. The molecule has 8 nitrogen and oxygen atoms in total. The van der Waals surface area contributed by atoms with Crippen molar-refractivity contribution in [3.05, 3.63) is 0 Å². The second-order valence-electron chi connectivity index (χ2n) is 3.69. The lowest BCUT2D eigenvalue weighted by Gasteiger charge is -2.06. The van der Waals surface area contributed by atoms with E-state index in [2.05, 4.69) is 9.47 Å². The summed E-state index contributed by atoms with van der Waals surface area (Å²) in [5.74, 6) is -2.43. The van der Waals surface area contributed by atoms with Gasteiger partial charge in [-0.2, -0.15) is 0 Å². The first-order valence-corrected chi connectivity index (χ1v) is 8.86. The van der Waals surface area contributed by atoms with Gasteiger partial charge in [0.1, 0.15) is 13.2 Å². The Balaban J connectivity index is 4.31. The number of rotatable bonds is 8. The van der Waals surface area contributed by atoms with Crippen molar-refractivity contribution in [1.29, 1.82) is 0 Å². The monoisotopic (exact) mass is 316 g/mol. The number of carbonyl (C=O) groups is 2. The maximum absolute atomic E-state index is 11.4. The molecule has 19 heavy (non-hydrogen) atoms. The molecule has 0 heterocycles. The third kappa shape index (κ3) is 10.4. The summed E-state index contributed by atoms with van der Waals surface area (Å²) in [7, 11) is -7.78. The van der Waals surface area contributed by atoms with Gasteiger partial charge in [0, 0.05) is 13.8 Å². The Morgan fingerprint density at radius 2 is 1.11 bits per heavy atom. The molecule has 0 atom stereocenters. The first-order valence-electron chi connectivity index (χ1n) is 5.22. The second-order valence-corrected chi connectivity index (χ2v) is 8.43. The quantitative estimate of drug-likeness (QED) is 0.517. The molecule has 0 rings (SSSR count). The maximum Gasteiger partial charge on any atom is 0.302 e. The summed E-state index contributed by atoms with van der Waals surface area (Å²) in [6, 6.07) is 0. The second kappa shape index (κ2) is 7.43. The minimum absolute atomic E-state index is 0.392. The number of hydrogen-bond acceptors (Lipinski definition) is 8. The van der Waals surface area contributed by atoms with Gasteiger partial charge >= 0.3 is 11.9 Å². The van der Waals surface area contributed by atoms with E-state index < -0.39 is 61.4 Å². The summed E-state index contributed by atoms with van der Waals surface area (Å²) in [5, 5.41) is -1.07. The van der Waals surface area contributed by atoms with Crippen LogP contribution in [0.5, 0.6) is 0 Å². The van der Waals surface area contributed by atoms with Gasteiger partial charge in [-0.1, -0.05) is 0 Å². The van der Waals surface area contributed by atoms with E-state index in [1.54, 1.807) is 0 Å². The molecule has 0 aromatic heterocycles. The molecule has 0 fully saturated rings. The van der Waals surface area contributed by atoms with Crippen LogP contribution in [0.4, 0.5) is 0 Å². The maximum atomic E-state index is 11.4. The van der Waals surface area contributed by atoms with Crippen LogP contribution in [0.15, 0.2) is 0 Å². The number of esters is 2. The summed E-state index contributed by atoms with van der Waals surface area (Å²) in [6.07, 6.45) is 0. The van der Waals surface area contributed by atoms with E-state index in [1.807, 2.05) is 0 Å². The van der Waals surface area contributed by atoms with Crippen LogP contribution in [0, 0.1) is 0 Å². The van der Waals surface area contributed by atoms with E-state index in [4.69, 9.17) is 0 Å². The van der Waals surface area contributed by atoms with Gasteiger partial charge < -0.3 is 9.47 Å². The Morgan fingerprint density at radius 3 is 1.37 bits per heavy atom. The highest BCUT2D eigenvalue weighted by Crippen LogP contribution is 2.00. The van der Waals surface area contributed by atoms with Gasteiger partial charge in [-0.05, 0) is 0 Å². The van der Waals surface area contributed by atoms with E-state index in [-0.39, 0.29) is 0 Å². The van der Waals surface area contributed by atoms with Crippen LogP contribution >= 0.6 is 0 Å². The van der Waals surface area contributed by atoms with E-state index >= 15 is 0 Å². The number of sulfone groups is 2. The Kier molecular flexibility index (Phi) is 6.98. The average molecular weight is 316 g/mol. The zero-order valence-corrected chi connectivity index (χ0v) is 12.3. The minimum Gasteiger partial charge on any atom is -0.465 e. The molecular formula is C9H16O8S2. The molecular weight excluding hydrogens is 300 g/mol. The molecule has 0 N–H and O–H groups in total. The van der Waals surface area contributed by atoms with E-state index in [1.165, 1.54) is 0 Å². The van der Waals surface area contributed by atoms with Gasteiger partial charge in [0.25, 0.3) is 0 Å². The van der Waals surface area contributed by atoms with Crippen molar-refractivity contribution in [2.45, 2.75) is 13.8 Å². The molecule has 10 heteroatoms. The van der Waals surface area contributed by atoms with E-state index in [9.17, 15) is 26.4 Å². The highest BCUT2D eigenvalue weighted by Gasteiger charge is 2.22. The molecule has 0 unspecified atom stereocenters.